The molecule has 0 aromatic heterocycles. The Hall–Kier alpha value is -1.59. The number of alkyl carbamates (subject to hydrolysis) is 1. The predicted octanol–water partition coefficient (Wildman–Crippen LogP) is 0.642. The zero-order chi connectivity index (χ0) is 12.8. The second kappa shape index (κ2) is 6.09. The highest BCUT2D eigenvalue weighted by Crippen LogP contribution is 2.08. The number of ether oxygens (including phenoxy) is 2. The van der Waals surface area contributed by atoms with Crippen LogP contribution in [0.25, 0.3) is 0 Å². The molecule has 0 aliphatic rings. The van der Waals surface area contributed by atoms with Crippen LogP contribution < -0.4 is 5.32 Å². The lowest BCUT2D eigenvalue weighted by atomic mass is 10.2. The third kappa shape index (κ3) is 6.80. The summed E-state index contributed by atoms with van der Waals surface area (Å²) in [5.74, 6) is -0.555. The van der Waals surface area contributed by atoms with Crippen molar-refractivity contribution in [3.8, 4) is 0 Å². The number of aldehydes is 1. The number of nitrogens with one attached hydrogen (secondary N) is 1. The molecule has 0 aliphatic carbocycles. The van der Waals surface area contributed by atoms with Gasteiger partial charge >= 0.3 is 12.1 Å². The monoisotopic (exact) mass is 231 g/mol. The van der Waals surface area contributed by atoms with E-state index in [-0.39, 0.29) is 6.42 Å². The van der Waals surface area contributed by atoms with Crippen LogP contribution in [0.2, 0.25) is 0 Å². The quantitative estimate of drug-likeness (QED) is 0.567. The summed E-state index contributed by atoms with van der Waals surface area (Å²) < 4.78 is 9.30. The first-order chi connectivity index (χ1) is 7.28. The molecule has 1 unspecified atom stereocenters. The van der Waals surface area contributed by atoms with Gasteiger partial charge in [-0.3, -0.25) is 4.79 Å². The number of esters is 1. The lowest BCUT2D eigenvalue weighted by Gasteiger charge is -2.20. The molecular formula is C10H17NO5. The molecule has 0 aromatic rings. The van der Waals surface area contributed by atoms with E-state index in [0.717, 1.165) is 0 Å². The van der Waals surface area contributed by atoms with Crippen molar-refractivity contribution >= 4 is 18.3 Å². The van der Waals surface area contributed by atoms with Gasteiger partial charge in [0.1, 0.15) is 11.9 Å². The van der Waals surface area contributed by atoms with Crippen molar-refractivity contribution in [1.29, 1.82) is 0 Å². The van der Waals surface area contributed by atoms with E-state index in [1.54, 1.807) is 20.8 Å². The number of amides is 1. The molecule has 0 rings (SSSR count). The Labute approximate surface area is 94.3 Å². The number of carbonyl (C=O) groups is 3. The molecule has 0 aliphatic heterocycles. The van der Waals surface area contributed by atoms with Gasteiger partial charge in [-0.05, 0) is 20.8 Å². The molecule has 0 heterocycles. The van der Waals surface area contributed by atoms with Crippen LogP contribution in [0, 0.1) is 0 Å². The number of methoxy groups -OCH3 is 1. The fraction of sp³-hybridized carbons (Fsp3) is 0.700. The Balaban J connectivity index is 4.17. The van der Waals surface area contributed by atoms with E-state index in [1.165, 1.54) is 7.11 Å². The summed E-state index contributed by atoms with van der Waals surface area (Å²) in [7, 11) is 1.17. The SMILES string of the molecule is COC(=O)NC(C=O)CC(=O)OC(C)(C)C. The molecule has 0 saturated carbocycles. The zero-order valence-electron chi connectivity index (χ0n) is 9.90. The van der Waals surface area contributed by atoms with Crippen molar-refractivity contribution in [2.75, 3.05) is 7.11 Å². The molecule has 0 saturated heterocycles. The van der Waals surface area contributed by atoms with Gasteiger partial charge in [0.15, 0.2) is 0 Å². The Morgan fingerprint density at radius 3 is 2.31 bits per heavy atom. The van der Waals surface area contributed by atoms with Gasteiger partial charge in [0, 0.05) is 0 Å². The lowest BCUT2D eigenvalue weighted by Crippen LogP contribution is -2.39. The zero-order valence-corrected chi connectivity index (χ0v) is 9.90. The van der Waals surface area contributed by atoms with Crippen LogP contribution in [0.15, 0.2) is 0 Å². The largest absolute Gasteiger partial charge is 0.460 e. The summed E-state index contributed by atoms with van der Waals surface area (Å²) >= 11 is 0. The molecule has 92 valence electrons. The van der Waals surface area contributed by atoms with E-state index in [2.05, 4.69) is 10.1 Å². The van der Waals surface area contributed by atoms with Crippen LogP contribution in [0.1, 0.15) is 27.2 Å². The first-order valence-corrected chi connectivity index (χ1v) is 4.80. The minimum atomic E-state index is -0.928. The number of hydrogen-bond acceptors (Lipinski definition) is 5. The van der Waals surface area contributed by atoms with Crippen molar-refractivity contribution in [1.82, 2.24) is 5.32 Å². The average molecular weight is 231 g/mol. The van der Waals surface area contributed by atoms with E-state index >= 15 is 0 Å². The fourth-order valence-corrected chi connectivity index (χ4v) is 0.906. The normalized spacial score (nSPS) is 12.5. The van der Waals surface area contributed by atoms with Crippen molar-refractivity contribution in [2.24, 2.45) is 0 Å². The van der Waals surface area contributed by atoms with Crippen LogP contribution in [0.5, 0.6) is 0 Å². The van der Waals surface area contributed by atoms with E-state index in [9.17, 15) is 14.4 Å². The second-order valence-electron chi connectivity index (χ2n) is 4.17. The summed E-state index contributed by atoms with van der Waals surface area (Å²) in [5.41, 5.74) is -0.615. The summed E-state index contributed by atoms with van der Waals surface area (Å²) in [6.07, 6.45) is -0.517. The van der Waals surface area contributed by atoms with Crippen LogP contribution in [0.4, 0.5) is 4.79 Å². The van der Waals surface area contributed by atoms with Gasteiger partial charge in [-0.2, -0.15) is 0 Å². The lowest BCUT2D eigenvalue weighted by molar-refractivity contribution is -0.155. The molecule has 0 aromatic carbocycles. The number of rotatable bonds is 4. The Morgan fingerprint density at radius 2 is 1.94 bits per heavy atom. The molecule has 0 spiro atoms. The molecule has 6 nitrogen and oxygen atoms in total. The molecular weight excluding hydrogens is 214 g/mol. The molecule has 0 bridgehead atoms. The van der Waals surface area contributed by atoms with E-state index in [0.29, 0.717) is 6.29 Å². The topological polar surface area (TPSA) is 81.7 Å². The van der Waals surface area contributed by atoms with Gasteiger partial charge in [0.2, 0.25) is 0 Å². The third-order valence-corrected chi connectivity index (χ3v) is 1.46. The van der Waals surface area contributed by atoms with Gasteiger partial charge in [-0.25, -0.2) is 4.79 Å². The highest BCUT2D eigenvalue weighted by Gasteiger charge is 2.21. The maximum atomic E-state index is 11.3. The molecule has 1 amide bonds. The smallest absolute Gasteiger partial charge is 0.407 e. The predicted molar refractivity (Wildman–Crippen MR) is 55.9 cm³/mol. The van der Waals surface area contributed by atoms with Gasteiger partial charge in [0.25, 0.3) is 0 Å². The van der Waals surface area contributed by atoms with Crippen LogP contribution in [0.3, 0.4) is 0 Å². The molecule has 0 fully saturated rings. The Bertz CT molecular complexity index is 269. The van der Waals surface area contributed by atoms with E-state index in [1.807, 2.05) is 0 Å². The minimum absolute atomic E-state index is 0.212. The van der Waals surface area contributed by atoms with Gasteiger partial charge in [-0.1, -0.05) is 0 Å². The molecule has 1 N–H and O–H groups in total. The number of hydrogen-bond donors (Lipinski definition) is 1. The highest BCUT2D eigenvalue weighted by atomic mass is 16.6. The molecule has 16 heavy (non-hydrogen) atoms. The van der Waals surface area contributed by atoms with Crippen LogP contribution in [-0.2, 0) is 19.1 Å². The summed E-state index contributed by atoms with van der Waals surface area (Å²) in [5, 5.41) is 2.20. The van der Waals surface area contributed by atoms with Gasteiger partial charge < -0.3 is 19.6 Å². The maximum absolute atomic E-state index is 11.3. The summed E-state index contributed by atoms with van der Waals surface area (Å²) in [4.78, 5) is 32.7. The molecule has 6 heteroatoms. The molecule has 1 atom stereocenters. The van der Waals surface area contributed by atoms with E-state index < -0.39 is 23.7 Å². The first kappa shape index (κ1) is 14.4. The third-order valence-electron chi connectivity index (χ3n) is 1.46. The van der Waals surface area contributed by atoms with Gasteiger partial charge in [-0.15, -0.1) is 0 Å². The standard InChI is InChI=1S/C10H17NO5/c1-10(2,3)16-8(13)5-7(6-12)11-9(14)15-4/h6-7H,5H2,1-4H3,(H,11,14). The Morgan fingerprint density at radius 1 is 1.38 bits per heavy atom. The summed E-state index contributed by atoms with van der Waals surface area (Å²) in [6.45, 7) is 5.15. The van der Waals surface area contributed by atoms with Crippen molar-refractivity contribution in [3.63, 3.8) is 0 Å². The van der Waals surface area contributed by atoms with Crippen molar-refractivity contribution < 1.29 is 23.9 Å². The average Bonchev–Trinajstić information content (AvgIpc) is 2.13. The maximum Gasteiger partial charge on any atom is 0.407 e. The highest BCUT2D eigenvalue weighted by molar-refractivity contribution is 5.79. The first-order valence-electron chi connectivity index (χ1n) is 4.80. The molecule has 0 radical (unpaired) electrons. The van der Waals surface area contributed by atoms with Gasteiger partial charge in [0.05, 0.1) is 19.6 Å². The van der Waals surface area contributed by atoms with Crippen molar-refractivity contribution in [2.45, 2.75) is 38.8 Å². The van der Waals surface area contributed by atoms with Crippen LogP contribution >= 0.6 is 0 Å². The number of carbonyl (C=O) groups excluding carboxylic acids is 3. The fourth-order valence-electron chi connectivity index (χ4n) is 0.906. The van der Waals surface area contributed by atoms with Crippen molar-refractivity contribution in [3.05, 3.63) is 0 Å². The summed E-state index contributed by atoms with van der Waals surface area (Å²) in [6, 6.07) is -0.928. The Kier molecular flexibility index (Phi) is 5.49. The minimum Gasteiger partial charge on any atom is -0.460 e. The van der Waals surface area contributed by atoms with Crippen LogP contribution in [-0.4, -0.2) is 37.1 Å². The second-order valence-corrected chi connectivity index (χ2v) is 4.17. The van der Waals surface area contributed by atoms with E-state index in [4.69, 9.17) is 4.74 Å².